The number of para-hydroxylation sites is 2. The van der Waals surface area contributed by atoms with Gasteiger partial charge in [-0.25, -0.2) is 9.37 Å². The molecule has 1 aromatic heterocycles. The second-order valence-electron chi connectivity index (χ2n) is 9.16. The molecule has 0 bridgehead atoms. The maximum Gasteiger partial charge on any atom is 0.227 e. The Bertz CT molecular complexity index is 1100. The summed E-state index contributed by atoms with van der Waals surface area (Å²) in [4.78, 5) is 25.0. The average Bonchev–Trinajstić information content (AvgIpc) is 3.22. The third kappa shape index (κ3) is 4.66. The van der Waals surface area contributed by atoms with Crippen LogP contribution in [0, 0.1) is 11.7 Å². The Balaban J connectivity index is 1.34. The number of halogens is 1. The van der Waals surface area contributed by atoms with Gasteiger partial charge in [-0.05, 0) is 62.3 Å². The van der Waals surface area contributed by atoms with E-state index in [2.05, 4.69) is 26.2 Å². The van der Waals surface area contributed by atoms with Crippen molar-refractivity contribution in [1.82, 2.24) is 24.3 Å². The number of rotatable bonds is 5. The lowest BCUT2D eigenvalue weighted by Crippen LogP contribution is -2.52. The Labute approximate surface area is 194 Å². The first-order chi connectivity index (χ1) is 16.1. The van der Waals surface area contributed by atoms with E-state index in [4.69, 9.17) is 4.98 Å². The number of carbonyl (C=O) groups is 1. The largest absolute Gasteiger partial charge is 0.340 e. The lowest BCUT2D eigenvalue weighted by Gasteiger charge is -2.38. The van der Waals surface area contributed by atoms with Crippen molar-refractivity contribution in [3.05, 3.63) is 60.2 Å². The Morgan fingerprint density at radius 3 is 2.52 bits per heavy atom. The molecule has 1 amide bonds. The van der Waals surface area contributed by atoms with Gasteiger partial charge in [0.05, 0.1) is 23.5 Å². The second-order valence-corrected chi connectivity index (χ2v) is 9.16. The molecule has 2 fully saturated rings. The lowest BCUT2D eigenvalue weighted by molar-refractivity contribution is -0.139. The van der Waals surface area contributed by atoms with Gasteiger partial charge in [0, 0.05) is 38.4 Å². The number of benzene rings is 2. The molecule has 2 aromatic carbocycles. The van der Waals surface area contributed by atoms with Crippen molar-refractivity contribution >= 4 is 16.9 Å². The van der Waals surface area contributed by atoms with Crippen LogP contribution in [0.1, 0.15) is 25.6 Å². The summed E-state index contributed by atoms with van der Waals surface area (Å²) in [6.07, 6.45) is 1.97. The van der Waals surface area contributed by atoms with Crippen LogP contribution in [0.15, 0.2) is 48.5 Å². The number of piperazine rings is 1. The van der Waals surface area contributed by atoms with Gasteiger partial charge in [-0.3, -0.25) is 14.3 Å². The molecule has 1 atom stereocenters. The van der Waals surface area contributed by atoms with E-state index in [0.29, 0.717) is 12.5 Å². The molecule has 0 radical (unpaired) electrons. The number of likely N-dealkylation sites (tertiary alicyclic amines) is 1. The van der Waals surface area contributed by atoms with Crippen molar-refractivity contribution < 1.29 is 9.18 Å². The van der Waals surface area contributed by atoms with Crippen LogP contribution in [0.4, 0.5) is 4.39 Å². The summed E-state index contributed by atoms with van der Waals surface area (Å²) in [5.41, 5.74) is 2.84. The highest BCUT2D eigenvalue weighted by Gasteiger charge is 2.31. The number of likely N-dealkylation sites (N-methyl/N-ethyl adjacent to an activating group) is 1. The van der Waals surface area contributed by atoms with Crippen LogP contribution in [0.3, 0.4) is 0 Å². The first-order valence-corrected chi connectivity index (χ1v) is 12.1. The minimum atomic E-state index is -0.248. The summed E-state index contributed by atoms with van der Waals surface area (Å²) in [6.45, 7) is 9.23. The summed E-state index contributed by atoms with van der Waals surface area (Å²) in [5, 5.41) is 0. The van der Waals surface area contributed by atoms with Crippen molar-refractivity contribution in [1.29, 1.82) is 0 Å². The van der Waals surface area contributed by atoms with Crippen LogP contribution in [0.2, 0.25) is 0 Å². The number of nitrogens with zero attached hydrogens (tertiary/aromatic N) is 5. The van der Waals surface area contributed by atoms with Gasteiger partial charge < -0.3 is 9.80 Å². The van der Waals surface area contributed by atoms with E-state index >= 15 is 0 Å². The number of fused-ring (bicyclic) bond motifs is 1. The van der Waals surface area contributed by atoms with E-state index in [0.717, 1.165) is 81.2 Å². The van der Waals surface area contributed by atoms with Gasteiger partial charge in [-0.15, -0.1) is 0 Å². The summed E-state index contributed by atoms with van der Waals surface area (Å²) in [7, 11) is 0. The minimum absolute atomic E-state index is 0.0515. The standard InChI is InChI=1S/C26H32FN5O/c1-2-29-14-16-31(17-15-29)26(33)20-6-5-13-30(18-20)19-25-28-23-7-3-4-8-24(23)32(25)22-11-9-21(27)10-12-22/h3-4,7-12,20H,2,5-6,13-19H2,1H3/t20-/m1/s1. The SMILES string of the molecule is CCN1CCN(C(=O)[C@@H]2CCCN(Cc3nc4ccccc4n3-c3ccc(F)cc3)C2)CC1. The van der Waals surface area contributed by atoms with E-state index in [1.807, 2.05) is 24.3 Å². The Morgan fingerprint density at radius 2 is 1.76 bits per heavy atom. The van der Waals surface area contributed by atoms with Crippen LogP contribution in [0.25, 0.3) is 16.7 Å². The van der Waals surface area contributed by atoms with Gasteiger partial charge in [0.1, 0.15) is 11.6 Å². The topological polar surface area (TPSA) is 44.6 Å². The fourth-order valence-corrected chi connectivity index (χ4v) is 5.20. The van der Waals surface area contributed by atoms with E-state index in [1.165, 1.54) is 12.1 Å². The number of hydrogen-bond acceptors (Lipinski definition) is 4. The Hall–Kier alpha value is -2.77. The van der Waals surface area contributed by atoms with E-state index < -0.39 is 0 Å². The first kappa shape index (κ1) is 22.0. The van der Waals surface area contributed by atoms with Crippen LogP contribution >= 0.6 is 0 Å². The lowest BCUT2D eigenvalue weighted by atomic mass is 9.96. The molecule has 2 aliphatic rings. The molecule has 3 aromatic rings. The van der Waals surface area contributed by atoms with Gasteiger partial charge in [0.15, 0.2) is 0 Å². The molecule has 2 saturated heterocycles. The molecule has 5 rings (SSSR count). The average molecular weight is 450 g/mol. The van der Waals surface area contributed by atoms with E-state index in [-0.39, 0.29) is 11.7 Å². The fourth-order valence-electron chi connectivity index (χ4n) is 5.20. The van der Waals surface area contributed by atoms with Crippen LogP contribution < -0.4 is 0 Å². The number of amides is 1. The maximum absolute atomic E-state index is 13.6. The van der Waals surface area contributed by atoms with Crippen LogP contribution in [-0.4, -0.2) is 76.0 Å². The van der Waals surface area contributed by atoms with Gasteiger partial charge in [0.2, 0.25) is 5.91 Å². The monoisotopic (exact) mass is 449 g/mol. The third-order valence-electron chi connectivity index (χ3n) is 7.07. The van der Waals surface area contributed by atoms with E-state index in [9.17, 15) is 9.18 Å². The molecular weight excluding hydrogens is 417 g/mol. The smallest absolute Gasteiger partial charge is 0.227 e. The molecule has 0 aliphatic carbocycles. The van der Waals surface area contributed by atoms with Crippen molar-refractivity contribution in [2.45, 2.75) is 26.3 Å². The molecule has 6 nitrogen and oxygen atoms in total. The summed E-state index contributed by atoms with van der Waals surface area (Å²) in [6, 6.07) is 14.6. The zero-order valence-electron chi connectivity index (χ0n) is 19.3. The molecule has 3 heterocycles. The van der Waals surface area contributed by atoms with Gasteiger partial charge in [0.25, 0.3) is 0 Å². The molecule has 2 aliphatic heterocycles. The Morgan fingerprint density at radius 1 is 1.00 bits per heavy atom. The first-order valence-electron chi connectivity index (χ1n) is 12.1. The molecule has 0 spiro atoms. The fraction of sp³-hybridized carbons (Fsp3) is 0.462. The summed E-state index contributed by atoms with van der Waals surface area (Å²) < 4.78 is 15.7. The quantitative estimate of drug-likeness (QED) is 0.598. The predicted octanol–water partition coefficient (Wildman–Crippen LogP) is 3.54. The summed E-state index contributed by atoms with van der Waals surface area (Å²) >= 11 is 0. The molecule has 0 saturated carbocycles. The number of hydrogen-bond donors (Lipinski definition) is 0. The maximum atomic E-state index is 13.6. The Kier molecular flexibility index (Phi) is 6.42. The third-order valence-corrected chi connectivity index (χ3v) is 7.07. The van der Waals surface area contributed by atoms with Gasteiger partial charge in [-0.2, -0.15) is 0 Å². The van der Waals surface area contributed by atoms with Crippen molar-refractivity contribution in [3.63, 3.8) is 0 Å². The highest BCUT2D eigenvalue weighted by Crippen LogP contribution is 2.26. The van der Waals surface area contributed by atoms with E-state index in [1.54, 1.807) is 12.1 Å². The zero-order valence-corrected chi connectivity index (χ0v) is 19.3. The van der Waals surface area contributed by atoms with Crippen LogP contribution in [0.5, 0.6) is 0 Å². The summed E-state index contributed by atoms with van der Waals surface area (Å²) in [5.74, 6) is 1.03. The normalized spacial score (nSPS) is 20.4. The predicted molar refractivity (Wildman–Crippen MR) is 128 cm³/mol. The highest BCUT2D eigenvalue weighted by molar-refractivity contribution is 5.79. The second kappa shape index (κ2) is 9.61. The molecule has 33 heavy (non-hydrogen) atoms. The number of carbonyl (C=O) groups excluding carboxylic acids is 1. The highest BCUT2D eigenvalue weighted by atomic mass is 19.1. The number of piperidine rings is 1. The van der Waals surface area contributed by atoms with Crippen molar-refractivity contribution in [3.8, 4) is 5.69 Å². The van der Waals surface area contributed by atoms with Gasteiger partial charge >= 0.3 is 0 Å². The van der Waals surface area contributed by atoms with Crippen molar-refractivity contribution in [2.24, 2.45) is 5.92 Å². The number of aromatic nitrogens is 2. The van der Waals surface area contributed by atoms with Crippen LogP contribution in [-0.2, 0) is 11.3 Å². The van der Waals surface area contributed by atoms with Crippen molar-refractivity contribution in [2.75, 3.05) is 45.8 Å². The molecular formula is C26H32FN5O. The molecule has 174 valence electrons. The van der Waals surface area contributed by atoms with Gasteiger partial charge in [-0.1, -0.05) is 19.1 Å². The zero-order chi connectivity index (χ0) is 22.8. The molecule has 0 unspecified atom stereocenters. The minimum Gasteiger partial charge on any atom is -0.340 e. The molecule has 0 N–H and O–H groups in total. The number of imidazole rings is 1. The molecule has 7 heteroatoms.